The lowest BCUT2D eigenvalue weighted by atomic mass is 9.98. The third kappa shape index (κ3) is 3.22. The summed E-state index contributed by atoms with van der Waals surface area (Å²) in [5.74, 6) is 0.363. The molecule has 102 valence electrons. The Morgan fingerprint density at radius 1 is 1.28 bits per heavy atom. The van der Waals surface area contributed by atoms with Crippen LogP contribution in [0.2, 0.25) is 0 Å². The van der Waals surface area contributed by atoms with Crippen LogP contribution in [0.5, 0.6) is 0 Å². The molecule has 2 fully saturated rings. The number of hydrogen-bond donors (Lipinski definition) is 2. The molecular formula is C13H23N3O2. The van der Waals surface area contributed by atoms with Crippen LogP contribution in [0, 0.1) is 5.92 Å². The molecule has 2 saturated heterocycles. The molecule has 2 amide bonds. The van der Waals surface area contributed by atoms with Gasteiger partial charge < -0.3 is 16.0 Å². The Hall–Kier alpha value is -1.10. The number of piperidine rings is 1. The lowest BCUT2D eigenvalue weighted by Gasteiger charge is -2.34. The largest absolute Gasteiger partial charge is 0.368 e. The van der Waals surface area contributed by atoms with Gasteiger partial charge in [-0.1, -0.05) is 0 Å². The number of rotatable bonds is 4. The molecule has 0 radical (unpaired) electrons. The van der Waals surface area contributed by atoms with Crippen LogP contribution in [0.3, 0.4) is 0 Å². The molecule has 0 aliphatic carbocycles. The van der Waals surface area contributed by atoms with Gasteiger partial charge in [-0.3, -0.25) is 9.59 Å². The highest BCUT2D eigenvalue weighted by Gasteiger charge is 2.30. The predicted octanol–water partition coefficient (Wildman–Crippen LogP) is 0.242. The lowest BCUT2D eigenvalue weighted by molar-refractivity contribution is -0.141. The Kier molecular flexibility index (Phi) is 4.58. The molecule has 0 saturated carbocycles. The topological polar surface area (TPSA) is 75.4 Å². The zero-order valence-electron chi connectivity index (χ0n) is 10.9. The second kappa shape index (κ2) is 6.18. The van der Waals surface area contributed by atoms with Crippen LogP contribution in [-0.2, 0) is 9.59 Å². The van der Waals surface area contributed by atoms with Crippen molar-refractivity contribution in [1.29, 1.82) is 0 Å². The van der Waals surface area contributed by atoms with Crippen LogP contribution >= 0.6 is 0 Å². The maximum atomic E-state index is 12.2. The highest BCUT2D eigenvalue weighted by atomic mass is 16.2. The van der Waals surface area contributed by atoms with E-state index in [0.29, 0.717) is 18.9 Å². The molecular weight excluding hydrogens is 230 g/mol. The average Bonchev–Trinajstić information content (AvgIpc) is 2.89. The zero-order valence-corrected chi connectivity index (χ0v) is 10.9. The number of hydrogen-bond acceptors (Lipinski definition) is 3. The van der Waals surface area contributed by atoms with Crippen molar-refractivity contribution in [3.8, 4) is 0 Å². The van der Waals surface area contributed by atoms with E-state index in [1.807, 2.05) is 0 Å². The van der Waals surface area contributed by atoms with Gasteiger partial charge in [0.25, 0.3) is 0 Å². The minimum atomic E-state index is -0.368. The average molecular weight is 253 g/mol. The molecule has 0 spiro atoms. The Morgan fingerprint density at radius 3 is 2.78 bits per heavy atom. The molecule has 2 aliphatic heterocycles. The van der Waals surface area contributed by atoms with Crippen LogP contribution in [0.4, 0.5) is 0 Å². The molecule has 2 aliphatic rings. The smallest absolute Gasteiger partial charge is 0.240 e. The van der Waals surface area contributed by atoms with E-state index in [2.05, 4.69) is 5.32 Å². The fourth-order valence-electron chi connectivity index (χ4n) is 2.96. The summed E-state index contributed by atoms with van der Waals surface area (Å²) in [6.45, 7) is 2.77. The van der Waals surface area contributed by atoms with Crippen molar-refractivity contribution in [3.63, 3.8) is 0 Å². The Labute approximate surface area is 108 Å². The van der Waals surface area contributed by atoms with Gasteiger partial charge in [-0.15, -0.1) is 0 Å². The van der Waals surface area contributed by atoms with Crippen LogP contribution < -0.4 is 11.1 Å². The normalized spacial score (nSPS) is 28.3. The van der Waals surface area contributed by atoms with Crippen molar-refractivity contribution < 1.29 is 9.59 Å². The number of nitrogens with one attached hydrogen (secondary N) is 1. The SMILES string of the molecule is NC(=O)C1CCCCN1C(=O)CCC1CCNC1. The molecule has 2 unspecified atom stereocenters. The number of amides is 2. The van der Waals surface area contributed by atoms with Gasteiger partial charge in [0.2, 0.25) is 11.8 Å². The number of nitrogens with two attached hydrogens (primary N) is 1. The number of carbonyl (C=O) groups excluding carboxylic acids is 2. The Bertz CT molecular complexity index is 313. The quantitative estimate of drug-likeness (QED) is 0.753. The molecule has 5 nitrogen and oxygen atoms in total. The van der Waals surface area contributed by atoms with Crippen molar-refractivity contribution in [3.05, 3.63) is 0 Å². The molecule has 2 atom stereocenters. The van der Waals surface area contributed by atoms with E-state index in [0.717, 1.165) is 45.2 Å². The number of nitrogens with zero attached hydrogens (tertiary/aromatic N) is 1. The van der Waals surface area contributed by atoms with E-state index in [1.165, 1.54) is 0 Å². The van der Waals surface area contributed by atoms with Crippen molar-refractivity contribution in [1.82, 2.24) is 10.2 Å². The summed E-state index contributed by atoms with van der Waals surface area (Å²) in [7, 11) is 0. The fraction of sp³-hybridized carbons (Fsp3) is 0.846. The number of carbonyl (C=O) groups is 2. The van der Waals surface area contributed by atoms with Gasteiger partial charge in [-0.25, -0.2) is 0 Å². The van der Waals surface area contributed by atoms with Gasteiger partial charge in [-0.2, -0.15) is 0 Å². The highest BCUT2D eigenvalue weighted by molar-refractivity contribution is 5.86. The minimum absolute atomic E-state index is 0.102. The molecule has 18 heavy (non-hydrogen) atoms. The first kappa shape index (κ1) is 13.3. The van der Waals surface area contributed by atoms with Crippen LogP contribution in [0.1, 0.15) is 38.5 Å². The molecule has 2 heterocycles. The van der Waals surface area contributed by atoms with Crippen molar-refractivity contribution in [2.45, 2.75) is 44.6 Å². The second-order valence-electron chi connectivity index (χ2n) is 5.40. The number of likely N-dealkylation sites (tertiary alicyclic amines) is 1. The molecule has 0 bridgehead atoms. The molecule has 0 aromatic carbocycles. The first-order chi connectivity index (χ1) is 8.68. The van der Waals surface area contributed by atoms with Gasteiger partial charge >= 0.3 is 0 Å². The molecule has 0 aromatic heterocycles. The Balaban J connectivity index is 1.83. The predicted molar refractivity (Wildman–Crippen MR) is 68.8 cm³/mol. The van der Waals surface area contributed by atoms with Gasteiger partial charge in [-0.05, 0) is 51.1 Å². The molecule has 0 aromatic rings. The summed E-state index contributed by atoms with van der Waals surface area (Å²) in [6.07, 6.45) is 5.34. The van der Waals surface area contributed by atoms with Gasteiger partial charge in [0.15, 0.2) is 0 Å². The van der Waals surface area contributed by atoms with Gasteiger partial charge in [0.05, 0.1) is 0 Å². The van der Waals surface area contributed by atoms with Crippen LogP contribution in [-0.4, -0.2) is 42.4 Å². The summed E-state index contributed by atoms with van der Waals surface area (Å²) >= 11 is 0. The summed E-state index contributed by atoms with van der Waals surface area (Å²) in [6, 6.07) is -0.368. The zero-order chi connectivity index (χ0) is 13.0. The standard InChI is InChI=1S/C13H23N3O2/c14-13(18)11-3-1-2-8-16(11)12(17)5-4-10-6-7-15-9-10/h10-11,15H,1-9H2,(H2,14,18). The summed E-state index contributed by atoms with van der Waals surface area (Å²) in [5, 5.41) is 3.30. The third-order valence-corrected chi connectivity index (χ3v) is 4.08. The lowest BCUT2D eigenvalue weighted by Crippen LogP contribution is -2.50. The van der Waals surface area contributed by atoms with Crippen molar-refractivity contribution in [2.75, 3.05) is 19.6 Å². The first-order valence-electron chi connectivity index (χ1n) is 6.98. The molecule has 5 heteroatoms. The van der Waals surface area contributed by atoms with E-state index >= 15 is 0 Å². The van der Waals surface area contributed by atoms with E-state index in [9.17, 15) is 9.59 Å². The molecule has 2 rings (SSSR count). The van der Waals surface area contributed by atoms with E-state index < -0.39 is 0 Å². The van der Waals surface area contributed by atoms with Crippen LogP contribution in [0.15, 0.2) is 0 Å². The maximum absolute atomic E-state index is 12.2. The summed E-state index contributed by atoms with van der Waals surface area (Å²) in [5.41, 5.74) is 5.37. The monoisotopic (exact) mass is 253 g/mol. The first-order valence-corrected chi connectivity index (χ1v) is 6.98. The Morgan fingerprint density at radius 2 is 2.11 bits per heavy atom. The summed E-state index contributed by atoms with van der Waals surface area (Å²) < 4.78 is 0. The third-order valence-electron chi connectivity index (χ3n) is 4.08. The summed E-state index contributed by atoms with van der Waals surface area (Å²) in [4.78, 5) is 25.2. The number of primary amides is 1. The van der Waals surface area contributed by atoms with Crippen LogP contribution in [0.25, 0.3) is 0 Å². The van der Waals surface area contributed by atoms with Gasteiger partial charge in [0.1, 0.15) is 6.04 Å². The van der Waals surface area contributed by atoms with E-state index in [-0.39, 0.29) is 17.9 Å². The van der Waals surface area contributed by atoms with Crippen molar-refractivity contribution in [2.24, 2.45) is 11.7 Å². The van der Waals surface area contributed by atoms with Gasteiger partial charge in [0, 0.05) is 13.0 Å². The maximum Gasteiger partial charge on any atom is 0.240 e. The van der Waals surface area contributed by atoms with E-state index in [1.54, 1.807) is 4.90 Å². The fourth-order valence-corrected chi connectivity index (χ4v) is 2.96. The minimum Gasteiger partial charge on any atom is -0.368 e. The second-order valence-corrected chi connectivity index (χ2v) is 5.40. The van der Waals surface area contributed by atoms with Crippen molar-refractivity contribution >= 4 is 11.8 Å². The highest BCUT2D eigenvalue weighted by Crippen LogP contribution is 2.20. The van der Waals surface area contributed by atoms with E-state index in [4.69, 9.17) is 5.73 Å². The molecule has 3 N–H and O–H groups in total.